The van der Waals surface area contributed by atoms with Gasteiger partial charge in [0.25, 0.3) is 5.56 Å². The maximum Gasteiger partial charge on any atom is 0.268 e. The summed E-state index contributed by atoms with van der Waals surface area (Å²) < 4.78 is 2.82. The number of carbonyl (C=O) groups excluding carboxylic acids is 1. The van der Waals surface area contributed by atoms with Crippen molar-refractivity contribution in [1.82, 2.24) is 4.57 Å². The van der Waals surface area contributed by atoms with Gasteiger partial charge in [-0.2, -0.15) is 11.3 Å². The SMILES string of the molecule is Cc1ccccc1C(=O)/C=c1/s/c(=C/c2ccsc2)c(=O)n1C. The molecule has 0 saturated carbocycles. The zero-order valence-electron chi connectivity index (χ0n) is 12.8. The van der Waals surface area contributed by atoms with E-state index in [4.69, 9.17) is 0 Å². The number of carbonyl (C=O) groups is 1. The van der Waals surface area contributed by atoms with Crippen LogP contribution in [0.15, 0.2) is 45.9 Å². The van der Waals surface area contributed by atoms with E-state index in [9.17, 15) is 9.59 Å². The Balaban J connectivity index is 2.10. The average molecular weight is 341 g/mol. The summed E-state index contributed by atoms with van der Waals surface area (Å²) in [4.78, 5) is 24.8. The molecule has 0 fully saturated rings. The molecule has 116 valence electrons. The Morgan fingerprint density at radius 2 is 2.00 bits per heavy atom. The molecule has 3 rings (SSSR count). The summed E-state index contributed by atoms with van der Waals surface area (Å²) >= 11 is 2.92. The number of rotatable bonds is 3. The predicted octanol–water partition coefficient (Wildman–Crippen LogP) is 2.31. The van der Waals surface area contributed by atoms with Crippen molar-refractivity contribution in [3.05, 3.63) is 77.3 Å². The summed E-state index contributed by atoms with van der Waals surface area (Å²) in [6, 6.07) is 9.42. The molecule has 3 aromatic rings. The van der Waals surface area contributed by atoms with E-state index in [1.807, 2.05) is 48.0 Å². The van der Waals surface area contributed by atoms with Crippen molar-refractivity contribution in [3.63, 3.8) is 0 Å². The number of hydrogen-bond acceptors (Lipinski definition) is 4. The molecular weight excluding hydrogens is 326 g/mol. The topological polar surface area (TPSA) is 39.1 Å². The fourth-order valence-corrected chi connectivity index (χ4v) is 3.90. The number of thiophene rings is 1. The Morgan fingerprint density at radius 1 is 1.22 bits per heavy atom. The van der Waals surface area contributed by atoms with Crippen LogP contribution in [0.1, 0.15) is 21.5 Å². The highest BCUT2D eigenvalue weighted by Gasteiger charge is 2.07. The maximum atomic E-state index is 12.5. The Labute approximate surface area is 141 Å². The first-order valence-corrected chi connectivity index (χ1v) is 8.83. The highest BCUT2D eigenvalue weighted by molar-refractivity contribution is 7.08. The van der Waals surface area contributed by atoms with E-state index < -0.39 is 0 Å². The van der Waals surface area contributed by atoms with Gasteiger partial charge < -0.3 is 4.57 Å². The van der Waals surface area contributed by atoms with Crippen LogP contribution in [0, 0.1) is 6.92 Å². The standard InChI is InChI=1S/C18H15NO2S2/c1-12-5-3-4-6-14(12)15(20)10-17-19(2)18(21)16(23-17)9-13-7-8-22-11-13/h3-11H,1-2H3/b16-9+,17-10+. The average Bonchev–Trinajstić information content (AvgIpc) is 3.13. The fraction of sp³-hybridized carbons (Fsp3) is 0.111. The third-order valence-corrected chi connectivity index (χ3v) is 5.38. The second-order valence-electron chi connectivity index (χ2n) is 5.19. The molecule has 3 nitrogen and oxygen atoms in total. The minimum absolute atomic E-state index is 0.0787. The number of aryl methyl sites for hydroxylation is 1. The van der Waals surface area contributed by atoms with Crippen molar-refractivity contribution in [2.45, 2.75) is 6.92 Å². The lowest BCUT2D eigenvalue weighted by Crippen LogP contribution is -2.29. The summed E-state index contributed by atoms with van der Waals surface area (Å²) in [6.45, 7) is 1.91. The maximum absolute atomic E-state index is 12.5. The molecule has 1 aromatic carbocycles. The summed E-state index contributed by atoms with van der Waals surface area (Å²) in [6.07, 6.45) is 3.40. The minimum Gasteiger partial charge on any atom is -0.302 e. The Morgan fingerprint density at radius 3 is 2.70 bits per heavy atom. The second kappa shape index (κ2) is 6.48. The van der Waals surface area contributed by atoms with Gasteiger partial charge in [-0.15, -0.1) is 11.3 Å². The Bertz CT molecular complexity index is 1020. The van der Waals surface area contributed by atoms with Crippen molar-refractivity contribution in [1.29, 1.82) is 0 Å². The monoisotopic (exact) mass is 341 g/mol. The summed E-state index contributed by atoms with van der Waals surface area (Å²) in [5.74, 6) is -0.0815. The zero-order chi connectivity index (χ0) is 16.4. The summed E-state index contributed by atoms with van der Waals surface area (Å²) in [7, 11) is 1.70. The van der Waals surface area contributed by atoms with Gasteiger partial charge in [0.1, 0.15) is 4.66 Å². The van der Waals surface area contributed by atoms with E-state index in [2.05, 4.69) is 0 Å². The largest absolute Gasteiger partial charge is 0.302 e. The normalized spacial score (nSPS) is 12.8. The van der Waals surface area contributed by atoms with Crippen molar-refractivity contribution in [3.8, 4) is 0 Å². The van der Waals surface area contributed by atoms with Gasteiger partial charge >= 0.3 is 0 Å². The molecule has 5 heteroatoms. The molecule has 2 heterocycles. The first kappa shape index (κ1) is 15.6. The molecule has 0 unspecified atom stereocenters. The van der Waals surface area contributed by atoms with Crippen LogP contribution in [-0.2, 0) is 7.05 Å². The second-order valence-corrected chi connectivity index (χ2v) is 7.04. The molecule has 0 aliphatic rings. The van der Waals surface area contributed by atoms with Gasteiger partial charge in [-0.3, -0.25) is 9.59 Å². The van der Waals surface area contributed by atoms with E-state index in [1.54, 1.807) is 30.5 Å². The number of benzene rings is 1. The van der Waals surface area contributed by atoms with Crippen molar-refractivity contribution < 1.29 is 4.79 Å². The molecular formula is C18H15NO2S2. The number of hydrogen-bond donors (Lipinski definition) is 0. The van der Waals surface area contributed by atoms with Crippen LogP contribution in [0.4, 0.5) is 0 Å². The predicted molar refractivity (Wildman–Crippen MR) is 96.7 cm³/mol. The van der Waals surface area contributed by atoms with Gasteiger partial charge in [0.2, 0.25) is 0 Å². The number of Topliss-reactive ketones (excluding diaryl/α,β-unsaturated/α-hetero) is 1. The smallest absolute Gasteiger partial charge is 0.268 e. The van der Waals surface area contributed by atoms with E-state index >= 15 is 0 Å². The molecule has 23 heavy (non-hydrogen) atoms. The van der Waals surface area contributed by atoms with E-state index in [0.29, 0.717) is 14.8 Å². The number of aromatic nitrogens is 1. The highest BCUT2D eigenvalue weighted by Crippen LogP contribution is 2.08. The third-order valence-electron chi connectivity index (χ3n) is 3.57. The minimum atomic E-state index is -0.0815. The van der Waals surface area contributed by atoms with E-state index in [-0.39, 0.29) is 11.3 Å². The summed E-state index contributed by atoms with van der Waals surface area (Å²) in [5, 5.41) is 3.96. The van der Waals surface area contributed by atoms with Crippen molar-refractivity contribution in [2.75, 3.05) is 0 Å². The molecule has 0 N–H and O–H groups in total. The fourth-order valence-electron chi connectivity index (χ4n) is 2.26. The van der Waals surface area contributed by atoms with Crippen molar-refractivity contribution >= 4 is 40.6 Å². The van der Waals surface area contributed by atoms with E-state index in [0.717, 1.165) is 11.1 Å². The molecule has 0 atom stereocenters. The first-order chi connectivity index (χ1) is 11.1. The van der Waals surface area contributed by atoms with Gasteiger partial charge in [0.15, 0.2) is 5.78 Å². The highest BCUT2D eigenvalue weighted by atomic mass is 32.1. The van der Waals surface area contributed by atoms with Gasteiger partial charge in [-0.25, -0.2) is 0 Å². The lowest BCUT2D eigenvalue weighted by molar-refractivity contribution is 0.106. The van der Waals surface area contributed by atoms with Crippen LogP contribution in [0.3, 0.4) is 0 Å². The van der Waals surface area contributed by atoms with Crippen LogP contribution in [-0.4, -0.2) is 10.4 Å². The lowest BCUT2D eigenvalue weighted by Gasteiger charge is -1.99. The van der Waals surface area contributed by atoms with Crippen molar-refractivity contribution in [2.24, 2.45) is 7.05 Å². The molecule has 0 aliphatic heterocycles. The van der Waals surface area contributed by atoms with Gasteiger partial charge in [0.05, 0.1) is 4.53 Å². The van der Waals surface area contributed by atoms with Crippen LogP contribution in [0.25, 0.3) is 12.2 Å². The molecule has 2 aromatic heterocycles. The number of nitrogens with zero attached hydrogens (tertiary/aromatic N) is 1. The van der Waals surface area contributed by atoms with Gasteiger partial charge in [-0.1, -0.05) is 24.3 Å². The van der Waals surface area contributed by atoms with Crippen LogP contribution in [0.5, 0.6) is 0 Å². The van der Waals surface area contributed by atoms with Gasteiger partial charge in [-0.05, 0) is 41.0 Å². The first-order valence-electron chi connectivity index (χ1n) is 7.08. The quantitative estimate of drug-likeness (QED) is 0.686. The summed E-state index contributed by atoms with van der Waals surface area (Å²) in [5.41, 5.74) is 2.52. The third kappa shape index (κ3) is 3.25. The molecule has 0 bridgehead atoms. The lowest BCUT2D eigenvalue weighted by atomic mass is 10.1. The van der Waals surface area contributed by atoms with Gasteiger partial charge in [0, 0.05) is 18.7 Å². The number of thiazole rings is 1. The molecule has 0 spiro atoms. The van der Waals surface area contributed by atoms with Crippen LogP contribution < -0.4 is 14.8 Å². The molecule has 0 amide bonds. The van der Waals surface area contributed by atoms with Crippen LogP contribution >= 0.6 is 22.7 Å². The molecule has 0 aliphatic carbocycles. The Hall–Kier alpha value is -2.24. The molecule has 0 radical (unpaired) electrons. The van der Waals surface area contributed by atoms with E-state index in [1.165, 1.54) is 15.9 Å². The van der Waals surface area contributed by atoms with Crippen LogP contribution in [0.2, 0.25) is 0 Å². The Kier molecular flexibility index (Phi) is 4.41. The zero-order valence-corrected chi connectivity index (χ0v) is 14.4. The molecule has 0 saturated heterocycles. The number of ketones is 1.